The van der Waals surface area contributed by atoms with E-state index < -0.39 is 11.8 Å². The fraction of sp³-hybridized carbons (Fsp3) is 0.467. The topological polar surface area (TPSA) is 85.9 Å². The molecule has 1 aliphatic rings. The van der Waals surface area contributed by atoms with E-state index in [1.54, 1.807) is 18.2 Å². The number of ether oxygens (including phenoxy) is 3. The number of hydrogen-bond acceptors (Lipinski definition) is 5. The maximum Gasteiger partial charge on any atom is 0.313 e. The maximum atomic E-state index is 11.8. The molecular weight excluding hydrogens is 288 g/mol. The van der Waals surface area contributed by atoms with Gasteiger partial charge in [0.15, 0.2) is 11.5 Å². The van der Waals surface area contributed by atoms with Crippen LogP contribution in [0.4, 0.5) is 5.69 Å². The molecule has 1 aromatic rings. The van der Waals surface area contributed by atoms with Gasteiger partial charge in [-0.3, -0.25) is 9.59 Å². The Morgan fingerprint density at radius 3 is 2.73 bits per heavy atom. The van der Waals surface area contributed by atoms with E-state index in [4.69, 9.17) is 14.2 Å². The molecule has 0 fully saturated rings. The summed E-state index contributed by atoms with van der Waals surface area (Å²) in [5.74, 6) is -0.203. The normalized spacial score (nSPS) is 12.6. The van der Waals surface area contributed by atoms with Crippen LogP contribution in [0.1, 0.15) is 13.3 Å². The van der Waals surface area contributed by atoms with Gasteiger partial charge >= 0.3 is 11.8 Å². The number of fused-ring (bicyclic) bond motifs is 1. The average molecular weight is 308 g/mol. The van der Waals surface area contributed by atoms with Crippen molar-refractivity contribution in [2.45, 2.75) is 13.3 Å². The molecule has 0 unspecified atom stereocenters. The number of carbonyl (C=O) groups is 2. The van der Waals surface area contributed by atoms with Crippen LogP contribution in [0.2, 0.25) is 0 Å². The number of nitrogens with one attached hydrogen (secondary N) is 2. The number of hydrogen-bond donors (Lipinski definition) is 2. The van der Waals surface area contributed by atoms with Gasteiger partial charge in [-0.2, -0.15) is 0 Å². The van der Waals surface area contributed by atoms with Crippen molar-refractivity contribution in [2.24, 2.45) is 0 Å². The molecule has 0 saturated carbocycles. The minimum absolute atomic E-state index is 0.396. The van der Waals surface area contributed by atoms with E-state index in [1.165, 1.54) is 0 Å². The predicted octanol–water partition coefficient (Wildman–Crippen LogP) is 0.939. The highest BCUT2D eigenvalue weighted by Gasteiger charge is 2.16. The van der Waals surface area contributed by atoms with E-state index in [2.05, 4.69) is 10.6 Å². The molecular formula is C15H20N2O5. The summed E-state index contributed by atoms with van der Waals surface area (Å²) in [5.41, 5.74) is 0.485. The molecule has 7 nitrogen and oxygen atoms in total. The van der Waals surface area contributed by atoms with E-state index in [9.17, 15) is 9.59 Å². The highest BCUT2D eigenvalue weighted by atomic mass is 16.6. The fourth-order valence-corrected chi connectivity index (χ4v) is 1.91. The fourth-order valence-electron chi connectivity index (χ4n) is 1.91. The molecule has 2 amide bonds. The van der Waals surface area contributed by atoms with Gasteiger partial charge < -0.3 is 24.8 Å². The molecule has 0 saturated heterocycles. The Kier molecular flexibility index (Phi) is 6.02. The van der Waals surface area contributed by atoms with E-state index in [1.807, 2.05) is 6.92 Å². The second-order valence-electron chi connectivity index (χ2n) is 4.62. The summed E-state index contributed by atoms with van der Waals surface area (Å²) in [6, 6.07) is 4.99. The van der Waals surface area contributed by atoms with Crippen molar-refractivity contribution in [3.8, 4) is 11.5 Å². The molecule has 0 bridgehead atoms. The predicted molar refractivity (Wildman–Crippen MR) is 80.2 cm³/mol. The number of amides is 2. The lowest BCUT2D eigenvalue weighted by atomic mass is 10.2. The molecule has 1 heterocycles. The Hall–Kier alpha value is -2.28. The van der Waals surface area contributed by atoms with Crippen LogP contribution < -0.4 is 20.1 Å². The van der Waals surface area contributed by atoms with Gasteiger partial charge in [0.25, 0.3) is 0 Å². The monoisotopic (exact) mass is 308 g/mol. The number of rotatable bonds is 6. The third-order valence-corrected chi connectivity index (χ3v) is 2.96. The first-order chi connectivity index (χ1) is 10.7. The molecule has 1 aliphatic heterocycles. The third kappa shape index (κ3) is 4.63. The summed E-state index contributed by atoms with van der Waals surface area (Å²) in [6.45, 7) is 4.46. The summed E-state index contributed by atoms with van der Waals surface area (Å²) >= 11 is 0. The van der Waals surface area contributed by atoms with Crippen LogP contribution in [-0.4, -0.2) is 44.8 Å². The molecule has 120 valence electrons. The molecule has 7 heteroatoms. The van der Waals surface area contributed by atoms with Crippen molar-refractivity contribution >= 4 is 17.5 Å². The summed E-state index contributed by atoms with van der Waals surface area (Å²) in [4.78, 5) is 23.4. The average Bonchev–Trinajstić information content (AvgIpc) is 2.54. The Balaban J connectivity index is 1.79. The third-order valence-electron chi connectivity index (χ3n) is 2.96. The summed E-state index contributed by atoms with van der Waals surface area (Å²) in [6.07, 6.45) is 0.664. The molecule has 0 aliphatic carbocycles. The van der Waals surface area contributed by atoms with Gasteiger partial charge in [0.2, 0.25) is 0 Å². The molecule has 0 atom stereocenters. The van der Waals surface area contributed by atoms with Crippen molar-refractivity contribution < 1.29 is 23.8 Å². The Bertz CT molecular complexity index is 533. The largest absolute Gasteiger partial charge is 0.486 e. The van der Waals surface area contributed by atoms with Gasteiger partial charge in [-0.05, 0) is 25.5 Å². The van der Waals surface area contributed by atoms with Crippen molar-refractivity contribution in [2.75, 3.05) is 38.3 Å². The second-order valence-corrected chi connectivity index (χ2v) is 4.62. The van der Waals surface area contributed by atoms with E-state index in [0.29, 0.717) is 56.6 Å². The van der Waals surface area contributed by atoms with Crippen LogP contribution >= 0.6 is 0 Å². The standard InChI is InChI=1S/C15H20N2O5/c1-2-20-7-3-6-16-14(18)15(19)17-11-4-5-12-13(10-11)22-9-8-21-12/h4-5,10H,2-3,6-9H2,1H3,(H,16,18)(H,17,19). The molecule has 0 aromatic heterocycles. The lowest BCUT2D eigenvalue weighted by Crippen LogP contribution is -2.36. The lowest BCUT2D eigenvalue weighted by Gasteiger charge is -2.18. The van der Waals surface area contributed by atoms with Gasteiger partial charge in [-0.25, -0.2) is 0 Å². The van der Waals surface area contributed by atoms with Crippen LogP contribution in [0.25, 0.3) is 0 Å². The summed E-state index contributed by atoms with van der Waals surface area (Å²) < 4.78 is 16.0. The van der Waals surface area contributed by atoms with Crippen LogP contribution in [0, 0.1) is 0 Å². The molecule has 2 rings (SSSR count). The SMILES string of the molecule is CCOCCCNC(=O)C(=O)Nc1ccc2c(c1)OCCO2. The minimum Gasteiger partial charge on any atom is -0.486 e. The summed E-state index contributed by atoms with van der Waals surface area (Å²) in [5, 5.41) is 5.06. The van der Waals surface area contributed by atoms with E-state index >= 15 is 0 Å². The van der Waals surface area contributed by atoms with E-state index in [0.717, 1.165) is 0 Å². The van der Waals surface area contributed by atoms with Gasteiger partial charge in [0.05, 0.1) is 0 Å². The molecule has 0 radical (unpaired) electrons. The van der Waals surface area contributed by atoms with Crippen molar-refractivity contribution in [3.63, 3.8) is 0 Å². The Labute approximate surface area is 128 Å². The van der Waals surface area contributed by atoms with Crippen molar-refractivity contribution in [1.82, 2.24) is 5.32 Å². The van der Waals surface area contributed by atoms with Gasteiger partial charge in [0.1, 0.15) is 13.2 Å². The van der Waals surface area contributed by atoms with Gasteiger partial charge in [-0.1, -0.05) is 0 Å². The quantitative estimate of drug-likeness (QED) is 0.603. The van der Waals surface area contributed by atoms with Crippen molar-refractivity contribution in [3.05, 3.63) is 18.2 Å². The van der Waals surface area contributed by atoms with Gasteiger partial charge in [-0.15, -0.1) is 0 Å². The van der Waals surface area contributed by atoms with E-state index in [-0.39, 0.29) is 0 Å². The first-order valence-electron chi connectivity index (χ1n) is 7.27. The number of carbonyl (C=O) groups excluding carboxylic acids is 2. The van der Waals surface area contributed by atoms with Crippen LogP contribution in [0.3, 0.4) is 0 Å². The first kappa shape index (κ1) is 16.1. The molecule has 2 N–H and O–H groups in total. The molecule has 0 spiro atoms. The van der Waals surface area contributed by atoms with Gasteiger partial charge in [0, 0.05) is 31.5 Å². The van der Waals surface area contributed by atoms with Crippen LogP contribution in [-0.2, 0) is 14.3 Å². The zero-order chi connectivity index (χ0) is 15.8. The maximum absolute atomic E-state index is 11.8. The minimum atomic E-state index is -0.715. The lowest BCUT2D eigenvalue weighted by molar-refractivity contribution is -0.136. The second kappa shape index (κ2) is 8.23. The number of anilines is 1. The smallest absolute Gasteiger partial charge is 0.313 e. The highest BCUT2D eigenvalue weighted by molar-refractivity contribution is 6.39. The van der Waals surface area contributed by atoms with Crippen molar-refractivity contribution in [1.29, 1.82) is 0 Å². The zero-order valence-corrected chi connectivity index (χ0v) is 12.5. The zero-order valence-electron chi connectivity index (χ0n) is 12.5. The van der Waals surface area contributed by atoms with Crippen LogP contribution in [0.5, 0.6) is 11.5 Å². The summed E-state index contributed by atoms with van der Waals surface area (Å²) in [7, 11) is 0. The Morgan fingerprint density at radius 2 is 1.95 bits per heavy atom. The first-order valence-corrected chi connectivity index (χ1v) is 7.27. The Morgan fingerprint density at radius 1 is 1.18 bits per heavy atom. The molecule has 1 aromatic carbocycles. The molecule has 22 heavy (non-hydrogen) atoms. The number of benzene rings is 1. The highest BCUT2D eigenvalue weighted by Crippen LogP contribution is 2.32. The van der Waals surface area contributed by atoms with Crippen LogP contribution in [0.15, 0.2) is 18.2 Å².